The van der Waals surface area contributed by atoms with Crippen molar-refractivity contribution < 1.29 is 43.2 Å². The summed E-state index contributed by atoms with van der Waals surface area (Å²) in [4.78, 5) is 2.37. The van der Waals surface area contributed by atoms with Crippen LogP contribution in [0.3, 0.4) is 0 Å². The van der Waals surface area contributed by atoms with Gasteiger partial charge in [0, 0.05) is 13.1 Å². The summed E-state index contributed by atoms with van der Waals surface area (Å²) in [6.07, 6.45) is 9.09. The summed E-state index contributed by atoms with van der Waals surface area (Å²) >= 11 is 0. The minimum atomic E-state index is -6.72. The lowest BCUT2D eigenvalue weighted by Crippen LogP contribution is -2.30. The molecule has 0 fully saturated rings. The Morgan fingerprint density at radius 1 is 1.04 bits per heavy atom. The number of alkyl halides is 6. The maximum atomic E-state index is 11.4. The van der Waals surface area contributed by atoms with E-state index in [1.54, 1.807) is 0 Å². The van der Waals surface area contributed by atoms with E-state index in [9.17, 15) is 43.2 Å². The Morgan fingerprint density at radius 3 is 1.85 bits per heavy atom. The smallest absolute Gasteiger partial charge is 0.421 e. The van der Waals surface area contributed by atoms with E-state index in [1.165, 1.54) is 25.0 Å². The molecule has 0 atom stereocenters. The first-order valence-corrected chi connectivity index (χ1v) is 9.86. The van der Waals surface area contributed by atoms with Gasteiger partial charge in [-0.2, -0.15) is 26.3 Å². The van der Waals surface area contributed by atoms with E-state index < -0.39 is 31.1 Å². The topological polar surface area (TPSA) is 85.6 Å². The third-order valence-electron chi connectivity index (χ3n) is 2.71. The Bertz CT molecular complexity index is 682. The van der Waals surface area contributed by atoms with Crippen LogP contribution in [0, 0.1) is 0 Å². The summed E-state index contributed by atoms with van der Waals surface area (Å²) < 4.78 is 109. The average molecular weight is 431 g/mol. The van der Waals surface area contributed by atoms with E-state index in [0.717, 1.165) is 10.7 Å². The zero-order valence-corrected chi connectivity index (χ0v) is 15.3. The molecule has 0 amide bonds. The first-order chi connectivity index (χ1) is 11.5. The Morgan fingerprint density at radius 2 is 1.50 bits per heavy atom. The predicted molar refractivity (Wildman–Crippen MR) is 82.7 cm³/mol. The zero-order valence-electron chi connectivity index (χ0n) is 13.7. The molecule has 1 rings (SSSR count). The molecule has 1 aliphatic rings. The van der Waals surface area contributed by atoms with Crippen LogP contribution in [-0.4, -0.2) is 45.8 Å². The van der Waals surface area contributed by atoms with Gasteiger partial charge in [-0.1, -0.05) is 25.0 Å². The van der Waals surface area contributed by atoms with Crippen LogP contribution in [0.2, 0.25) is 0 Å². The second kappa shape index (κ2) is 9.08. The molecular formula is C12H17F6N2O4S2-. The first kappa shape index (κ1) is 24.7. The lowest BCUT2D eigenvalue weighted by molar-refractivity contribution is -0.0444. The van der Waals surface area contributed by atoms with Gasteiger partial charge in [0.25, 0.3) is 0 Å². The van der Waals surface area contributed by atoms with Gasteiger partial charge < -0.3 is 9.03 Å². The molecule has 0 radical (unpaired) electrons. The number of hydrogen-bond acceptors (Lipinski definition) is 5. The molecule has 14 heteroatoms. The molecular weight excluding hydrogens is 414 g/mol. The van der Waals surface area contributed by atoms with Crippen LogP contribution in [0.25, 0.3) is 4.13 Å². The molecule has 1 heterocycles. The molecule has 0 aromatic rings. The van der Waals surface area contributed by atoms with Crippen molar-refractivity contribution in [3.8, 4) is 0 Å². The zero-order chi connectivity index (χ0) is 20.8. The fourth-order valence-electron chi connectivity index (χ4n) is 1.48. The fraction of sp³-hybridized carbons (Fsp3) is 0.667. The van der Waals surface area contributed by atoms with Gasteiger partial charge in [-0.15, -0.1) is 0 Å². The molecule has 0 spiro atoms. The molecule has 26 heavy (non-hydrogen) atoms. The molecule has 154 valence electrons. The highest BCUT2D eigenvalue weighted by Gasteiger charge is 2.46. The second-order valence-corrected chi connectivity index (χ2v) is 8.52. The van der Waals surface area contributed by atoms with Crippen LogP contribution < -0.4 is 0 Å². The van der Waals surface area contributed by atoms with Crippen LogP contribution in [0.4, 0.5) is 26.3 Å². The maximum Gasteiger partial charge on any atom is 0.480 e. The number of sulfonamides is 2. The minimum Gasteiger partial charge on any atom is -0.421 e. The number of nitrogens with zero attached hydrogens (tertiary/aromatic N) is 2. The van der Waals surface area contributed by atoms with Gasteiger partial charge in [-0.3, -0.25) is 0 Å². The first-order valence-electron chi connectivity index (χ1n) is 6.98. The molecule has 0 aliphatic carbocycles. The summed E-state index contributed by atoms with van der Waals surface area (Å²) in [5.74, 6) is 0. The second-order valence-electron chi connectivity index (χ2n) is 5.09. The van der Waals surface area contributed by atoms with Gasteiger partial charge in [0.1, 0.15) is 0 Å². The number of unbranched alkanes of at least 4 members (excludes halogenated alkanes) is 1. The lowest BCUT2D eigenvalue weighted by Gasteiger charge is -2.22. The van der Waals surface area contributed by atoms with E-state index in [4.69, 9.17) is 0 Å². The van der Waals surface area contributed by atoms with Gasteiger partial charge in [0.05, 0.1) is 0 Å². The van der Waals surface area contributed by atoms with Crippen molar-refractivity contribution in [1.82, 2.24) is 4.90 Å². The van der Waals surface area contributed by atoms with Crippen molar-refractivity contribution >= 4 is 20.0 Å². The predicted octanol–water partition coefficient (Wildman–Crippen LogP) is 3.62. The third kappa shape index (κ3) is 7.95. The summed E-state index contributed by atoms with van der Waals surface area (Å²) in [6, 6.07) is 0. The van der Waals surface area contributed by atoms with Crippen molar-refractivity contribution in [2.45, 2.75) is 37.7 Å². The van der Waals surface area contributed by atoms with Crippen molar-refractivity contribution in [2.75, 3.05) is 13.1 Å². The molecule has 0 aromatic heterocycles. The number of halogens is 6. The van der Waals surface area contributed by atoms with E-state index in [-0.39, 0.29) is 0 Å². The molecule has 0 aromatic carbocycles. The molecule has 0 saturated heterocycles. The Balaban J connectivity index is 0.000000502. The SMILES string of the molecule is CCCCN1C=CC=C(C)C1.O=S(=O)([N-]S(=O)(=O)C(F)(F)F)C(F)(F)F. The summed E-state index contributed by atoms with van der Waals surface area (Å²) in [5, 5.41) is 0. The van der Waals surface area contributed by atoms with Crippen molar-refractivity contribution in [3.05, 3.63) is 28.1 Å². The van der Waals surface area contributed by atoms with Crippen LogP contribution in [0.5, 0.6) is 0 Å². The number of rotatable bonds is 5. The van der Waals surface area contributed by atoms with Crippen molar-refractivity contribution in [3.63, 3.8) is 0 Å². The lowest BCUT2D eigenvalue weighted by atomic mass is 10.2. The van der Waals surface area contributed by atoms with Crippen LogP contribution in [0.15, 0.2) is 23.9 Å². The van der Waals surface area contributed by atoms with Gasteiger partial charge in [0.2, 0.25) is 0 Å². The molecule has 0 saturated carbocycles. The van der Waals surface area contributed by atoms with Gasteiger partial charge in [-0.05, 0) is 25.6 Å². The average Bonchev–Trinajstić information content (AvgIpc) is 2.42. The Kier molecular flexibility index (Phi) is 8.63. The van der Waals surface area contributed by atoms with Gasteiger partial charge in [0.15, 0.2) is 20.0 Å². The van der Waals surface area contributed by atoms with E-state index >= 15 is 0 Å². The summed E-state index contributed by atoms with van der Waals surface area (Å²) in [7, 11) is -13.4. The highest BCUT2D eigenvalue weighted by Crippen LogP contribution is 2.36. The standard InChI is InChI=1S/C10H17N.C2F6NO4S2/c1-3-4-7-11-8-5-6-10(2)9-11;3-1(4,5)14(10,11)9-15(12,13)2(6,7)8/h5-6,8H,3-4,7,9H2,1-2H3;/q;-1. The summed E-state index contributed by atoms with van der Waals surface area (Å²) in [6.45, 7) is 6.74. The van der Waals surface area contributed by atoms with Crippen LogP contribution in [-0.2, 0) is 20.0 Å². The van der Waals surface area contributed by atoms with Crippen LogP contribution >= 0.6 is 0 Å². The van der Waals surface area contributed by atoms with E-state index in [2.05, 4.69) is 37.1 Å². The molecule has 1 aliphatic heterocycles. The summed E-state index contributed by atoms with van der Waals surface area (Å²) in [5.41, 5.74) is -10.9. The van der Waals surface area contributed by atoms with E-state index in [0.29, 0.717) is 0 Å². The third-order valence-corrected chi connectivity index (χ3v) is 5.45. The molecule has 6 nitrogen and oxygen atoms in total. The minimum absolute atomic E-state index is 0.778. The van der Waals surface area contributed by atoms with Gasteiger partial charge in [-0.25, -0.2) is 16.8 Å². The molecule has 0 N–H and O–H groups in total. The maximum absolute atomic E-state index is 11.4. The van der Waals surface area contributed by atoms with Crippen LogP contribution in [0.1, 0.15) is 26.7 Å². The van der Waals surface area contributed by atoms with E-state index in [1.807, 2.05) is 0 Å². The number of hydrogen-bond donors (Lipinski definition) is 0. The normalized spacial score (nSPS) is 16.0. The molecule has 0 bridgehead atoms. The Hall–Kier alpha value is -1.28. The quantitative estimate of drug-likeness (QED) is 0.621. The van der Waals surface area contributed by atoms with Gasteiger partial charge >= 0.3 is 11.0 Å². The van der Waals surface area contributed by atoms with Crippen molar-refractivity contribution in [2.24, 2.45) is 0 Å². The molecule has 0 unspecified atom stereocenters. The monoisotopic (exact) mass is 431 g/mol. The highest BCUT2D eigenvalue weighted by molar-refractivity contribution is 8.13. The number of allylic oxidation sites excluding steroid dienone is 2. The Labute approximate surface area is 147 Å². The largest absolute Gasteiger partial charge is 0.480 e. The highest BCUT2D eigenvalue weighted by atomic mass is 32.3. The van der Waals surface area contributed by atoms with Crippen molar-refractivity contribution in [1.29, 1.82) is 0 Å². The fourth-order valence-corrected chi connectivity index (χ4v) is 3.19.